The lowest BCUT2D eigenvalue weighted by Gasteiger charge is -2.27. The van der Waals surface area contributed by atoms with Crippen molar-refractivity contribution >= 4 is 17.5 Å². The number of carbonyl (C=O) groups is 2. The number of para-hydroxylation sites is 1. The molecule has 5 heteroatoms. The Morgan fingerprint density at radius 1 is 0.844 bits per heavy atom. The van der Waals surface area contributed by atoms with E-state index in [1.54, 1.807) is 24.3 Å². The summed E-state index contributed by atoms with van der Waals surface area (Å²) in [7, 11) is 0. The first-order valence-corrected chi connectivity index (χ1v) is 11.1. The minimum absolute atomic E-state index is 0.0211. The van der Waals surface area contributed by atoms with E-state index < -0.39 is 0 Å². The summed E-state index contributed by atoms with van der Waals surface area (Å²) in [6.07, 6.45) is 0. The van der Waals surface area contributed by atoms with E-state index >= 15 is 0 Å². The van der Waals surface area contributed by atoms with Gasteiger partial charge in [0, 0.05) is 5.54 Å². The van der Waals surface area contributed by atoms with Gasteiger partial charge in [-0.3, -0.25) is 9.59 Å². The summed E-state index contributed by atoms with van der Waals surface area (Å²) < 4.78 is 5.93. The van der Waals surface area contributed by atoms with Crippen molar-refractivity contribution in [2.24, 2.45) is 0 Å². The van der Waals surface area contributed by atoms with E-state index in [9.17, 15) is 9.59 Å². The minimum Gasteiger partial charge on any atom is -0.483 e. The highest BCUT2D eigenvalue weighted by Gasteiger charge is 2.24. The molecule has 2 rings (SSSR count). The van der Waals surface area contributed by atoms with Crippen LogP contribution in [0.1, 0.15) is 83.8 Å². The van der Waals surface area contributed by atoms with Crippen molar-refractivity contribution in [1.29, 1.82) is 0 Å². The first-order valence-electron chi connectivity index (χ1n) is 11.1. The van der Waals surface area contributed by atoms with Crippen molar-refractivity contribution in [3.05, 3.63) is 59.2 Å². The zero-order valence-electron chi connectivity index (χ0n) is 21.0. The number of benzene rings is 2. The summed E-state index contributed by atoms with van der Waals surface area (Å²) in [5.41, 5.74) is 2.67. The Kier molecular flexibility index (Phi) is 7.44. The number of nitrogens with one attached hydrogen (secondary N) is 2. The van der Waals surface area contributed by atoms with Crippen molar-refractivity contribution in [2.75, 3.05) is 11.9 Å². The maximum atomic E-state index is 12.7. The van der Waals surface area contributed by atoms with Gasteiger partial charge in [-0.2, -0.15) is 0 Å². The molecule has 2 aromatic rings. The highest BCUT2D eigenvalue weighted by Crippen LogP contribution is 2.35. The van der Waals surface area contributed by atoms with Crippen molar-refractivity contribution < 1.29 is 14.3 Å². The lowest BCUT2D eigenvalue weighted by atomic mass is 9.80. The van der Waals surface area contributed by atoms with Gasteiger partial charge in [0.15, 0.2) is 6.61 Å². The van der Waals surface area contributed by atoms with E-state index in [0.717, 1.165) is 5.56 Å². The molecule has 0 aromatic heterocycles. The van der Waals surface area contributed by atoms with E-state index in [4.69, 9.17) is 4.74 Å². The maximum absolute atomic E-state index is 12.7. The second-order valence-corrected chi connectivity index (χ2v) is 11.3. The van der Waals surface area contributed by atoms with Crippen LogP contribution in [0.15, 0.2) is 42.5 Å². The van der Waals surface area contributed by atoms with Gasteiger partial charge in [-0.05, 0) is 60.9 Å². The average Bonchev–Trinajstić information content (AvgIpc) is 2.63. The number of anilines is 1. The Morgan fingerprint density at radius 2 is 1.47 bits per heavy atom. The molecule has 32 heavy (non-hydrogen) atoms. The van der Waals surface area contributed by atoms with Gasteiger partial charge in [0.2, 0.25) is 0 Å². The fourth-order valence-electron chi connectivity index (χ4n) is 3.24. The molecule has 0 aliphatic carbocycles. The van der Waals surface area contributed by atoms with Crippen LogP contribution in [0.25, 0.3) is 0 Å². The topological polar surface area (TPSA) is 67.4 Å². The zero-order chi connectivity index (χ0) is 24.3. The summed E-state index contributed by atoms with van der Waals surface area (Å²) in [5, 5.41) is 5.74. The third kappa shape index (κ3) is 7.11. The lowest BCUT2D eigenvalue weighted by Crippen LogP contribution is -2.41. The summed E-state index contributed by atoms with van der Waals surface area (Å²) in [6.45, 7) is 18.5. The smallest absolute Gasteiger partial charge is 0.262 e. The van der Waals surface area contributed by atoms with Gasteiger partial charge in [-0.15, -0.1) is 0 Å². The van der Waals surface area contributed by atoms with Gasteiger partial charge in [-0.1, -0.05) is 65.8 Å². The SMILES string of the molecule is CC(C)(C)NC(=O)c1ccccc1NC(=O)COc1ccc(C(C)(C)C)cc1C(C)(C)C. The van der Waals surface area contributed by atoms with Crippen LogP contribution in [0.3, 0.4) is 0 Å². The summed E-state index contributed by atoms with van der Waals surface area (Å²) >= 11 is 0. The predicted octanol–water partition coefficient (Wildman–Crippen LogP) is 5.83. The molecule has 2 N–H and O–H groups in total. The summed E-state index contributed by atoms with van der Waals surface area (Å²) in [6, 6.07) is 13.1. The van der Waals surface area contributed by atoms with Gasteiger partial charge >= 0.3 is 0 Å². The molecular formula is C27H38N2O3. The van der Waals surface area contributed by atoms with E-state index in [0.29, 0.717) is 17.0 Å². The van der Waals surface area contributed by atoms with Crippen LogP contribution in [0.5, 0.6) is 5.75 Å². The molecule has 2 aromatic carbocycles. The third-order valence-electron chi connectivity index (χ3n) is 4.95. The van der Waals surface area contributed by atoms with Crippen molar-refractivity contribution in [1.82, 2.24) is 5.32 Å². The van der Waals surface area contributed by atoms with Crippen LogP contribution in [-0.4, -0.2) is 24.0 Å². The Morgan fingerprint density at radius 3 is 2.03 bits per heavy atom. The highest BCUT2D eigenvalue weighted by atomic mass is 16.5. The Labute approximate surface area is 192 Å². The van der Waals surface area contributed by atoms with Crippen LogP contribution in [0.2, 0.25) is 0 Å². The molecular weight excluding hydrogens is 400 g/mol. The van der Waals surface area contributed by atoms with Crippen molar-refractivity contribution in [3.8, 4) is 5.75 Å². The fourth-order valence-corrected chi connectivity index (χ4v) is 3.24. The highest BCUT2D eigenvalue weighted by molar-refractivity contribution is 6.04. The number of ether oxygens (including phenoxy) is 1. The third-order valence-corrected chi connectivity index (χ3v) is 4.95. The molecule has 0 unspecified atom stereocenters. The van der Waals surface area contributed by atoms with Crippen LogP contribution in [-0.2, 0) is 15.6 Å². The fraction of sp³-hybridized carbons (Fsp3) is 0.481. The second kappa shape index (κ2) is 9.35. The molecule has 174 valence electrons. The molecule has 0 bridgehead atoms. The predicted molar refractivity (Wildman–Crippen MR) is 132 cm³/mol. The van der Waals surface area contributed by atoms with Crippen molar-refractivity contribution in [2.45, 2.75) is 78.7 Å². The number of carbonyl (C=O) groups excluding carboxylic acids is 2. The second-order valence-electron chi connectivity index (χ2n) is 11.3. The molecule has 0 saturated heterocycles. The molecule has 0 aliphatic heterocycles. The minimum atomic E-state index is -0.375. The lowest BCUT2D eigenvalue weighted by molar-refractivity contribution is -0.118. The first-order chi connectivity index (χ1) is 14.6. The van der Waals surface area contributed by atoms with Crippen LogP contribution < -0.4 is 15.4 Å². The molecule has 0 atom stereocenters. The van der Waals surface area contributed by atoms with E-state index in [-0.39, 0.29) is 34.8 Å². The Balaban J connectivity index is 2.17. The van der Waals surface area contributed by atoms with Gasteiger partial charge in [0.1, 0.15) is 5.75 Å². The Hall–Kier alpha value is -2.82. The van der Waals surface area contributed by atoms with Gasteiger partial charge in [-0.25, -0.2) is 0 Å². The molecule has 0 saturated carbocycles. The summed E-state index contributed by atoms with van der Waals surface area (Å²) in [4.78, 5) is 25.3. The van der Waals surface area contributed by atoms with E-state index in [1.807, 2.05) is 26.8 Å². The molecule has 0 fully saturated rings. The molecule has 0 spiro atoms. The maximum Gasteiger partial charge on any atom is 0.262 e. The standard InChI is InChI=1S/C27H38N2O3/c1-25(2,3)18-14-15-22(20(16-18)26(4,5)6)32-17-23(30)28-21-13-11-10-12-19(21)24(31)29-27(7,8)9/h10-16H,17H2,1-9H3,(H,28,30)(H,29,31). The first kappa shape index (κ1) is 25.4. The van der Waals surface area contributed by atoms with E-state index in [2.05, 4.69) is 64.3 Å². The van der Waals surface area contributed by atoms with Gasteiger partial charge in [0.05, 0.1) is 11.3 Å². The molecule has 5 nitrogen and oxygen atoms in total. The van der Waals surface area contributed by atoms with Crippen LogP contribution in [0, 0.1) is 0 Å². The number of hydrogen-bond acceptors (Lipinski definition) is 3. The zero-order valence-corrected chi connectivity index (χ0v) is 21.0. The van der Waals surface area contributed by atoms with Gasteiger partial charge < -0.3 is 15.4 Å². The number of amides is 2. The molecule has 0 aliphatic rings. The van der Waals surface area contributed by atoms with Crippen molar-refractivity contribution in [3.63, 3.8) is 0 Å². The normalized spacial score (nSPS) is 12.3. The quantitative estimate of drug-likeness (QED) is 0.617. The largest absolute Gasteiger partial charge is 0.483 e. The van der Waals surface area contributed by atoms with Gasteiger partial charge in [0.25, 0.3) is 11.8 Å². The summed E-state index contributed by atoms with van der Waals surface area (Å²) in [5.74, 6) is 0.141. The monoisotopic (exact) mass is 438 g/mol. The number of rotatable bonds is 5. The van der Waals surface area contributed by atoms with E-state index in [1.165, 1.54) is 5.56 Å². The molecule has 0 heterocycles. The average molecular weight is 439 g/mol. The Bertz CT molecular complexity index is 974. The number of hydrogen-bond donors (Lipinski definition) is 2. The molecule has 2 amide bonds. The van der Waals surface area contributed by atoms with Crippen LogP contribution in [0.4, 0.5) is 5.69 Å². The molecule has 0 radical (unpaired) electrons. The van der Waals surface area contributed by atoms with Crippen LogP contribution >= 0.6 is 0 Å².